The topological polar surface area (TPSA) is 126 Å². The molecule has 0 aliphatic heterocycles. The van der Waals surface area contributed by atoms with Crippen molar-refractivity contribution in [3.63, 3.8) is 0 Å². The van der Waals surface area contributed by atoms with E-state index in [2.05, 4.69) is 54.1 Å². The molecule has 0 fully saturated rings. The maximum atomic E-state index is 9.25. The second-order valence-corrected chi connectivity index (χ2v) is 7.49. The zero-order valence-electron chi connectivity index (χ0n) is 17.2. The lowest BCUT2D eigenvalue weighted by Crippen LogP contribution is -2.40. The largest absolute Gasteiger partial charge is 0.473 e. The molecule has 0 amide bonds. The second kappa shape index (κ2) is 12.0. The van der Waals surface area contributed by atoms with Crippen molar-refractivity contribution in [2.24, 2.45) is 12.8 Å². The van der Waals surface area contributed by atoms with E-state index in [-0.39, 0.29) is 6.61 Å². The third-order valence-corrected chi connectivity index (χ3v) is 4.82. The first-order chi connectivity index (χ1) is 13.7. The van der Waals surface area contributed by atoms with Crippen LogP contribution in [0.15, 0.2) is 42.5 Å². The number of aromatic nitrogens is 1. The summed E-state index contributed by atoms with van der Waals surface area (Å²) in [4.78, 5) is 18.2. The number of unbranched alkanes of at least 4 members (excludes halogenated alkanes) is 1. The monoisotopic (exact) mass is 404 g/mol. The van der Waals surface area contributed by atoms with Crippen molar-refractivity contribution in [1.82, 2.24) is 4.57 Å². The van der Waals surface area contributed by atoms with Crippen LogP contribution in [0.1, 0.15) is 43.1 Å². The molecule has 0 spiro atoms. The van der Waals surface area contributed by atoms with Crippen molar-refractivity contribution in [3.05, 3.63) is 59.4 Å². The van der Waals surface area contributed by atoms with Crippen LogP contribution >= 0.6 is 0 Å². The van der Waals surface area contributed by atoms with E-state index in [0.29, 0.717) is 0 Å². The molecule has 0 radical (unpaired) electrons. The Balaban J connectivity index is 0.000000612. The van der Waals surface area contributed by atoms with Crippen molar-refractivity contribution < 1.29 is 24.9 Å². The van der Waals surface area contributed by atoms with Gasteiger partial charge in [-0.05, 0) is 63.1 Å². The van der Waals surface area contributed by atoms with Crippen LogP contribution in [0.2, 0.25) is 0 Å². The Morgan fingerprint density at radius 2 is 1.45 bits per heavy atom. The summed E-state index contributed by atoms with van der Waals surface area (Å²) in [5.74, 6) is -3.65. The summed E-state index contributed by atoms with van der Waals surface area (Å²) in [7, 11) is 2.13. The summed E-state index contributed by atoms with van der Waals surface area (Å²) in [6.07, 6.45) is 6.40. The third-order valence-electron chi connectivity index (χ3n) is 4.82. The van der Waals surface area contributed by atoms with Gasteiger partial charge in [-0.3, -0.25) is 0 Å². The molecule has 0 saturated heterocycles. The molecular weight excluding hydrogens is 372 g/mol. The molecule has 0 bridgehead atoms. The molecule has 7 nitrogen and oxygen atoms in total. The highest BCUT2D eigenvalue weighted by atomic mass is 16.4. The minimum absolute atomic E-state index is 0.0315. The third kappa shape index (κ3) is 9.40. The predicted octanol–water partition coefficient (Wildman–Crippen LogP) is 2.39. The van der Waals surface area contributed by atoms with Gasteiger partial charge >= 0.3 is 11.9 Å². The number of rotatable bonds is 9. The molecule has 0 aliphatic rings. The van der Waals surface area contributed by atoms with Crippen LogP contribution in [-0.4, -0.2) is 44.0 Å². The van der Waals surface area contributed by atoms with Crippen LogP contribution in [0.4, 0.5) is 0 Å². The van der Waals surface area contributed by atoms with Gasteiger partial charge in [-0.25, -0.2) is 9.59 Å². The average Bonchev–Trinajstić information content (AvgIpc) is 3.04. The Morgan fingerprint density at radius 3 is 1.97 bits per heavy atom. The van der Waals surface area contributed by atoms with Crippen LogP contribution in [0.3, 0.4) is 0 Å². The van der Waals surface area contributed by atoms with Crippen LogP contribution in [0.25, 0.3) is 0 Å². The molecule has 5 N–H and O–H groups in total. The van der Waals surface area contributed by atoms with Crippen LogP contribution in [-0.2, 0) is 35.9 Å². The van der Waals surface area contributed by atoms with E-state index in [1.165, 1.54) is 29.8 Å². The fraction of sp³-hybridized carbons (Fsp3) is 0.455. The molecule has 2 aromatic rings. The summed E-state index contributed by atoms with van der Waals surface area (Å²) < 4.78 is 2.29. The number of carboxylic acid groups (broad SMARTS) is 2. The van der Waals surface area contributed by atoms with Gasteiger partial charge < -0.3 is 25.6 Å². The number of nitrogens with two attached hydrogens (primary N) is 1. The van der Waals surface area contributed by atoms with Crippen LogP contribution in [0.5, 0.6) is 0 Å². The highest BCUT2D eigenvalue weighted by Crippen LogP contribution is 2.16. The predicted molar refractivity (Wildman–Crippen MR) is 112 cm³/mol. The van der Waals surface area contributed by atoms with Crippen molar-refractivity contribution in [2.75, 3.05) is 6.61 Å². The molecule has 0 aliphatic carbocycles. The van der Waals surface area contributed by atoms with E-state index in [1.807, 2.05) is 6.92 Å². The second-order valence-electron chi connectivity index (χ2n) is 7.49. The average molecular weight is 405 g/mol. The van der Waals surface area contributed by atoms with Gasteiger partial charge in [-0.2, -0.15) is 0 Å². The number of aliphatic hydroxyl groups is 1. The fourth-order valence-electron chi connectivity index (χ4n) is 2.88. The molecule has 1 heterocycles. The molecule has 0 unspecified atom stereocenters. The summed E-state index contributed by atoms with van der Waals surface area (Å²) in [5.41, 5.74) is 9.64. The lowest BCUT2D eigenvalue weighted by molar-refractivity contribution is -0.159. The minimum Gasteiger partial charge on any atom is -0.473 e. The van der Waals surface area contributed by atoms with E-state index in [9.17, 15) is 5.11 Å². The highest BCUT2D eigenvalue weighted by Gasteiger charge is 2.17. The number of hydrogen-bond donors (Lipinski definition) is 4. The molecule has 1 atom stereocenters. The van der Waals surface area contributed by atoms with Gasteiger partial charge in [-0.1, -0.05) is 30.3 Å². The van der Waals surface area contributed by atoms with Crippen molar-refractivity contribution in [1.29, 1.82) is 0 Å². The first kappa shape index (κ1) is 24.4. The standard InChI is InChI=1S/C20H30N2O.C2H2O4/c1-20(21,16-23)15-14-19-13-12-18(22(19)2)11-7-6-10-17-8-4-3-5-9-17;3-1(4)2(5)6/h3-5,8-9,12-13,23H,6-7,10-11,14-16,21H2,1-2H3;(H,3,4)(H,5,6)/t20-;/m1./s1. The number of aliphatic hydroxyl groups excluding tert-OH is 1. The first-order valence-corrected chi connectivity index (χ1v) is 9.69. The Morgan fingerprint density at radius 1 is 0.931 bits per heavy atom. The number of aliphatic carboxylic acids is 2. The highest BCUT2D eigenvalue weighted by molar-refractivity contribution is 6.27. The maximum absolute atomic E-state index is 9.25. The lowest BCUT2D eigenvalue weighted by atomic mass is 9.97. The van der Waals surface area contributed by atoms with Gasteiger partial charge in [0.2, 0.25) is 0 Å². The molecule has 29 heavy (non-hydrogen) atoms. The van der Waals surface area contributed by atoms with Gasteiger partial charge in [0.25, 0.3) is 0 Å². The van der Waals surface area contributed by atoms with Gasteiger partial charge in [0.15, 0.2) is 0 Å². The number of benzene rings is 1. The summed E-state index contributed by atoms with van der Waals surface area (Å²) in [6.45, 7) is 1.93. The van der Waals surface area contributed by atoms with E-state index < -0.39 is 17.5 Å². The Kier molecular flexibility index (Phi) is 10.1. The van der Waals surface area contributed by atoms with Crippen molar-refractivity contribution in [2.45, 2.75) is 51.0 Å². The molecule has 160 valence electrons. The summed E-state index contributed by atoms with van der Waals surface area (Å²) >= 11 is 0. The normalized spacial score (nSPS) is 12.6. The molecule has 1 aromatic carbocycles. The quantitative estimate of drug-likeness (QED) is 0.376. The molecule has 7 heteroatoms. The molecule has 1 aromatic heterocycles. The lowest BCUT2D eigenvalue weighted by Gasteiger charge is -2.21. The molecular formula is C22H32N2O5. The minimum atomic E-state index is -1.82. The zero-order chi connectivity index (χ0) is 21.9. The Bertz CT molecular complexity index is 757. The summed E-state index contributed by atoms with van der Waals surface area (Å²) in [6, 6.07) is 15.1. The Labute approximate surface area is 171 Å². The Hall–Kier alpha value is -2.64. The van der Waals surface area contributed by atoms with Crippen molar-refractivity contribution in [3.8, 4) is 0 Å². The number of carbonyl (C=O) groups is 2. The fourth-order valence-corrected chi connectivity index (χ4v) is 2.88. The zero-order valence-corrected chi connectivity index (χ0v) is 17.2. The molecule has 0 saturated carbocycles. The van der Waals surface area contributed by atoms with E-state index in [1.54, 1.807) is 0 Å². The van der Waals surface area contributed by atoms with Gasteiger partial charge in [0.05, 0.1) is 6.61 Å². The maximum Gasteiger partial charge on any atom is 0.414 e. The van der Waals surface area contributed by atoms with Gasteiger partial charge in [0, 0.05) is 24.0 Å². The van der Waals surface area contributed by atoms with Crippen LogP contribution < -0.4 is 5.73 Å². The van der Waals surface area contributed by atoms with E-state index in [0.717, 1.165) is 25.7 Å². The van der Waals surface area contributed by atoms with Gasteiger partial charge in [-0.15, -0.1) is 0 Å². The first-order valence-electron chi connectivity index (χ1n) is 9.69. The van der Waals surface area contributed by atoms with E-state index in [4.69, 9.17) is 25.5 Å². The summed E-state index contributed by atoms with van der Waals surface area (Å²) in [5, 5.41) is 24.0. The SMILES string of the molecule is Cn1c(CCCCc2ccccc2)ccc1CC[C@@](C)(N)CO.O=C(O)C(=O)O. The number of nitrogens with zero attached hydrogens (tertiary/aromatic N) is 1. The van der Waals surface area contributed by atoms with Crippen LogP contribution in [0, 0.1) is 0 Å². The van der Waals surface area contributed by atoms with Gasteiger partial charge in [0.1, 0.15) is 0 Å². The van der Waals surface area contributed by atoms with Crippen molar-refractivity contribution >= 4 is 11.9 Å². The number of hydrogen-bond acceptors (Lipinski definition) is 4. The number of carboxylic acids is 2. The number of aryl methyl sites for hydroxylation is 3. The smallest absolute Gasteiger partial charge is 0.414 e. The molecule has 2 rings (SSSR count). The van der Waals surface area contributed by atoms with E-state index >= 15 is 0 Å².